The van der Waals surface area contributed by atoms with Crippen molar-refractivity contribution in [3.8, 4) is 11.5 Å². The van der Waals surface area contributed by atoms with E-state index < -0.39 is 17.0 Å². The van der Waals surface area contributed by atoms with Crippen molar-refractivity contribution in [3.05, 3.63) is 17.7 Å². The van der Waals surface area contributed by atoms with E-state index in [0.29, 0.717) is 0 Å². The number of methoxy groups -OCH3 is 3. The summed E-state index contributed by atoms with van der Waals surface area (Å²) in [6.45, 7) is 0. The second-order valence-corrected chi connectivity index (χ2v) is 3.81. The molecule has 1 unspecified atom stereocenters. The molecule has 0 aromatic heterocycles. The summed E-state index contributed by atoms with van der Waals surface area (Å²) in [7, 11) is 3.80. The van der Waals surface area contributed by atoms with Crippen LogP contribution in [0.2, 0.25) is 0 Å². The summed E-state index contributed by atoms with van der Waals surface area (Å²) >= 11 is -2.52. The Hall–Kier alpha value is -0.600. The quantitative estimate of drug-likeness (QED) is 0.352. The maximum atomic E-state index is 11.6. The van der Waals surface area contributed by atoms with E-state index in [-0.39, 0.29) is 51.5 Å². The molecule has 0 spiro atoms. The molecule has 0 fully saturated rings. The fourth-order valence-corrected chi connectivity index (χ4v) is 1.86. The van der Waals surface area contributed by atoms with Gasteiger partial charge in [0.25, 0.3) is 0 Å². The van der Waals surface area contributed by atoms with Gasteiger partial charge in [-0.25, -0.2) is 4.79 Å². The molecule has 0 aliphatic rings. The fourth-order valence-electron chi connectivity index (χ4n) is 1.34. The average molecular weight is 282 g/mol. The topological polar surface area (TPSA) is 84.9 Å². The molecule has 0 bridgehead atoms. The van der Waals surface area contributed by atoms with Gasteiger partial charge in [0, 0.05) is 0 Å². The van der Waals surface area contributed by atoms with Gasteiger partial charge in [0.15, 0.2) is 5.75 Å². The van der Waals surface area contributed by atoms with Gasteiger partial charge >= 0.3 is 35.5 Å². The molecule has 1 atom stereocenters. The van der Waals surface area contributed by atoms with Gasteiger partial charge in [-0.05, 0) is 23.2 Å². The van der Waals surface area contributed by atoms with Crippen molar-refractivity contribution >= 4 is 17.0 Å². The van der Waals surface area contributed by atoms with E-state index >= 15 is 0 Å². The first-order valence-electron chi connectivity index (χ1n) is 4.49. The summed E-state index contributed by atoms with van der Waals surface area (Å²) in [6, 6.07) is 2.65. The molecular weight excluding hydrogens is 271 g/mol. The van der Waals surface area contributed by atoms with Crippen molar-refractivity contribution in [1.82, 2.24) is 0 Å². The maximum Gasteiger partial charge on any atom is 1.00 e. The normalized spacial score (nSPS) is 11.1. The Morgan fingerprint density at radius 1 is 1.22 bits per heavy atom. The average Bonchev–Trinajstić information content (AvgIpc) is 2.35. The predicted octanol–water partition coefficient (Wildman–Crippen LogP) is -2.27. The minimum absolute atomic E-state index is 0. The molecule has 1 aromatic rings. The van der Waals surface area contributed by atoms with Crippen LogP contribution in [0.5, 0.6) is 11.5 Å². The molecule has 0 heterocycles. The number of hydrogen-bond acceptors (Lipinski definition) is 6. The second kappa shape index (κ2) is 7.75. The van der Waals surface area contributed by atoms with Crippen LogP contribution in [0.25, 0.3) is 0 Å². The molecule has 6 nitrogen and oxygen atoms in total. The largest absolute Gasteiger partial charge is 1.00 e. The van der Waals surface area contributed by atoms with Crippen molar-refractivity contribution in [2.75, 3.05) is 21.3 Å². The molecule has 0 amide bonds. The third kappa shape index (κ3) is 3.46. The van der Waals surface area contributed by atoms with Crippen LogP contribution in [0.1, 0.15) is 10.4 Å². The van der Waals surface area contributed by atoms with E-state index in [2.05, 4.69) is 4.74 Å². The van der Waals surface area contributed by atoms with E-state index in [1.165, 1.54) is 33.5 Å². The molecule has 18 heavy (non-hydrogen) atoms. The Balaban J connectivity index is 0.00000289. The fraction of sp³-hybridized carbons (Fsp3) is 0.300. The van der Waals surface area contributed by atoms with Crippen LogP contribution in [0, 0.1) is 0 Å². The Morgan fingerprint density at radius 3 is 2.22 bits per heavy atom. The van der Waals surface area contributed by atoms with Crippen molar-refractivity contribution in [2.45, 2.75) is 4.90 Å². The number of carbonyl (C=O) groups excluding carboxylic acids is 1. The summed E-state index contributed by atoms with van der Waals surface area (Å²) in [5.74, 6) is -0.640. The van der Waals surface area contributed by atoms with Gasteiger partial charge in [0.05, 0.1) is 26.2 Å². The molecule has 0 saturated carbocycles. The first-order chi connectivity index (χ1) is 8.06. The number of carbonyl (C=O) groups is 1. The van der Waals surface area contributed by atoms with Crippen molar-refractivity contribution in [3.63, 3.8) is 0 Å². The smallest absolute Gasteiger partial charge is 0.768 e. The first-order valence-corrected chi connectivity index (χ1v) is 5.56. The van der Waals surface area contributed by atoms with Crippen LogP contribution in [-0.2, 0) is 15.8 Å². The van der Waals surface area contributed by atoms with Crippen molar-refractivity contribution in [1.29, 1.82) is 0 Å². The van der Waals surface area contributed by atoms with Crippen LogP contribution in [0.4, 0.5) is 0 Å². The molecule has 94 valence electrons. The number of ether oxygens (including phenoxy) is 3. The predicted molar refractivity (Wildman–Crippen MR) is 58.1 cm³/mol. The van der Waals surface area contributed by atoms with E-state index in [1.807, 2.05) is 0 Å². The van der Waals surface area contributed by atoms with Crippen molar-refractivity contribution < 1.29 is 57.3 Å². The van der Waals surface area contributed by atoms with Gasteiger partial charge in [0.2, 0.25) is 0 Å². The molecule has 0 aliphatic carbocycles. The Labute approximate surface area is 129 Å². The minimum atomic E-state index is -2.52. The third-order valence-corrected chi connectivity index (χ3v) is 2.76. The van der Waals surface area contributed by atoms with Crippen LogP contribution in [-0.4, -0.2) is 36.1 Å². The monoisotopic (exact) mass is 282 g/mol. The zero-order valence-electron chi connectivity index (χ0n) is 10.5. The maximum absolute atomic E-state index is 11.6. The summed E-state index contributed by atoms with van der Waals surface area (Å²) < 4.78 is 36.4. The molecule has 1 aromatic carbocycles. The van der Waals surface area contributed by atoms with Crippen LogP contribution in [0.3, 0.4) is 0 Å². The van der Waals surface area contributed by atoms with E-state index in [0.717, 1.165) is 0 Å². The summed E-state index contributed by atoms with van der Waals surface area (Å²) in [5, 5.41) is 0. The second-order valence-electron chi connectivity index (χ2n) is 2.90. The van der Waals surface area contributed by atoms with Gasteiger partial charge in [-0.3, -0.25) is 4.21 Å². The zero-order valence-corrected chi connectivity index (χ0v) is 13.3. The van der Waals surface area contributed by atoms with Crippen molar-refractivity contribution in [2.24, 2.45) is 0 Å². The number of benzene rings is 1. The molecule has 0 saturated heterocycles. The van der Waals surface area contributed by atoms with Gasteiger partial charge in [0.1, 0.15) is 11.3 Å². The van der Waals surface area contributed by atoms with Gasteiger partial charge in [-0.2, -0.15) is 0 Å². The zero-order chi connectivity index (χ0) is 13.0. The van der Waals surface area contributed by atoms with Crippen LogP contribution < -0.4 is 39.0 Å². The van der Waals surface area contributed by atoms with E-state index in [9.17, 15) is 13.6 Å². The van der Waals surface area contributed by atoms with Gasteiger partial charge in [-0.1, -0.05) is 0 Å². The Morgan fingerprint density at radius 2 is 1.83 bits per heavy atom. The molecule has 8 heteroatoms. The Kier molecular flexibility index (Phi) is 7.49. The standard InChI is InChI=1S/C10H12O6S.Na/c1-14-6-4-5-7(17(12)13)9(15-2)8(6)10(11)16-3;/h4-5H,1-3H3,(H,12,13);/q;+1/p-1. The summed E-state index contributed by atoms with van der Waals surface area (Å²) in [5.41, 5.74) is -0.0563. The number of rotatable bonds is 4. The minimum Gasteiger partial charge on any atom is -0.768 e. The molecule has 0 aliphatic heterocycles. The van der Waals surface area contributed by atoms with Crippen LogP contribution in [0.15, 0.2) is 17.0 Å². The summed E-state index contributed by atoms with van der Waals surface area (Å²) in [6.07, 6.45) is 0. The van der Waals surface area contributed by atoms with E-state index in [1.54, 1.807) is 0 Å². The Bertz CT molecular complexity index is 462. The molecular formula is C10H11NaO6S. The molecule has 0 radical (unpaired) electrons. The molecule has 0 N–H and O–H groups in total. The SMILES string of the molecule is COC(=O)c1c(OC)ccc(S(=O)[O-])c1OC.[Na+]. The van der Waals surface area contributed by atoms with E-state index in [4.69, 9.17) is 9.47 Å². The first kappa shape index (κ1) is 17.4. The number of esters is 1. The van der Waals surface area contributed by atoms with Gasteiger partial charge in [-0.15, -0.1) is 0 Å². The summed E-state index contributed by atoms with van der Waals surface area (Å²) in [4.78, 5) is 11.4. The van der Waals surface area contributed by atoms with Crippen LogP contribution >= 0.6 is 0 Å². The third-order valence-electron chi connectivity index (χ3n) is 2.08. The number of hydrogen-bond donors (Lipinski definition) is 0. The molecule has 1 rings (SSSR count). The van der Waals surface area contributed by atoms with Gasteiger partial charge < -0.3 is 18.8 Å².